The Bertz CT molecular complexity index is 56.1. The molecule has 0 bridgehead atoms. The minimum atomic E-state index is -2.23. The summed E-state index contributed by atoms with van der Waals surface area (Å²) in [5.41, 5.74) is 0. The maximum Gasteiger partial charge on any atom is 0.240 e. The highest BCUT2D eigenvalue weighted by atomic mass is 19.3. The zero-order valence-corrected chi connectivity index (χ0v) is 5.73. The van der Waals surface area contributed by atoms with Gasteiger partial charge in [0.05, 0.1) is 12.7 Å². The van der Waals surface area contributed by atoms with Crippen LogP contribution in [0.3, 0.4) is 0 Å². The highest BCUT2D eigenvalue weighted by molar-refractivity contribution is 4.40. The van der Waals surface area contributed by atoms with Crippen LogP contribution in [0.2, 0.25) is 0 Å². The van der Waals surface area contributed by atoms with Crippen molar-refractivity contribution in [2.45, 2.75) is 32.8 Å². The van der Waals surface area contributed by atoms with Crippen molar-refractivity contribution >= 4 is 0 Å². The zero-order valence-electron chi connectivity index (χ0n) is 5.73. The van der Waals surface area contributed by atoms with Crippen LogP contribution < -0.4 is 0 Å². The van der Waals surface area contributed by atoms with Crippen LogP contribution in [0.15, 0.2) is 0 Å². The summed E-state index contributed by atoms with van der Waals surface area (Å²) >= 11 is 0. The molecule has 0 aromatic carbocycles. The molecule has 56 valence electrons. The molecule has 0 aliphatic carbocycles. The van der Waals surface area contributed by atoms with E-state index in [9.17, 15) is 8.78 Å². The topological polar surface area (TPSA) is 9.23 Å². The van der Waals surface area contributed by atoms with E-state index >= 15 is 0 Å². The van der Waals surface area contributed by atoms with Crippen molar-refractivity contribution < 1.29 is 13.5 Å². The summed E-state index contributed by atoms with van der Waals surface area (Å²) in [6.07, 6.45) is -2.33. The van der Waals surface area contributed by atoms with Gasteiger partial charge in [0.15, 0.2) is 0 Å². The van der Waals surface area contributed by atoms with Gasteiger partial charge in [0, 0.05) is 6.42 Å². The third kappa shape index (κ3) is 7.82. The average molecular weight is 138 g/mol. The van der Waals surface area contributed by atoms with Crippen LogP contribution in [0.5, 0.6) is 0 Å². The molecule has 0 atom stereocenters. The monoisotopic (exact) mass is 138 g/mol. The first kappa shape index (κ1) is 8.82. The SMILES string of the molecule is CC(C)OCCC(F)F. The smallest absolute Gasteiger partial charge is 0.240 e. The second-order valence-electron chi connectivity index (χ2n) is 2.10. The van der Waals surface area contributed by atoms with Crippen LogP contribution in [0.25, 0.3) is 0 Å². The van der Waals surface area contributed by atoms with Gasteiger partial charge in [-0.05, 0) is 13.8 Å². The molecule has 0 aliphatic heterocycles. The van der Waals surface area contributed by atoms with Crippen molar-refractivity contribution in [1.82, 2.24) is 0 Å². The molecular formula is C6H12F2O. The van der Waals surface area contributed by atoms with E-state index in [4.69, 9.17) is 4.74 Å². The first-order valence-corrected chi connectivity index (χ1v) is 3.02. The van der Waals surface area contributed by atoms with E-state index < -0.39 is 6.43 Å². The van der Waals surface area contributed by atoms with Gasteiger partial charge in [0.2, 0.25) is 6.43 Å². The van der Waals surface area contributed by atoms with Gasteiger partial charge < -0.3 is 4.74 Å². The van der Waals surface area contributed by atoms with E-state index in [1.165, 1.54) is 0 Å². The van der Waals surface area contributed by atoms with Gasteiger partial charge in [-0.1, -0.05) is 0 Å². The lowest BCUT2D eigenvalue weighted by Crippen LogP contribution is -2.06. The van der Waals surface area contributed by atoms with Crippen LogP contribution in [-0.2, 0) is 4.74 Å². The minimum absolute atomic E-state index is 0.0590. The lowest BCUT2D eigenvalue weighted by atomic mass is 10.4. The molecular weight excluding hydrogens is 126 g/mol. The summed E-state index contributed by atoms with van der Waals surface area (Å²) in [6.45, 7) is 3.81. The Balaban J connectivity index is 2.91. The molecule has 0 saturated heterocycles. The lowest BCUT2D eigenvalue weighted by molar-refractivity contribution is 0.0368. The Morgan fingerprint density at radius 2 is 1.89 bits per heavy atom. The fourth-order valence-electron chi connectivity index (χ4n) is 0.393. The maximum atomic E-state index is 11.4. The van der Waals surface area contributed by atoms with Crippen molar-refractivity contribution in [1.29, 1.82) is 0 Å². The first-order valence-electron chi connectivity index (χ1n) is 3.02. The third-order valence-electron chi connectivity index (χ3n) is 0.787. The van der Waals surface area contributed by atoms with Crippen molar-refractivity contribution in [3.8, 4) is 0 Å². The normalized spacial score (nSPS) is 11.3. The van der Waals surface area contributed by atoms with Crippen LogP contribution in [0, 0.1) is 0 Å². The largest absolute Gasteiger partial charge is 0.379 e. The summed E-state index contributed by atoms with van der Waals surface area (Å²) in [4.78, 5) is 0. The Morgan fingerprint density at radius 1 is 1.33 bits per heavy atom. The van der Waals surface area contributed by atoms with Crippen LogP contribution in [0.4, 0.5) is 8.78 Å². The predicted molar refractivity (Wildman–Crippen MR) is 31.7 cm³/mol. The second-order valence-corrected chi connectivity index (χ2v) is 2.10. The molecule has 3 heteroatoms. The summed E-state index contributed by atoms with van der Waals surface area (Å²) in [7, 11) is 0. The van der Waals surface area contributed by atoms with E-state index in [-0.39, 0.29) is 19.1 Å². The van der Waals surface area contributed by atoms with Gasteiger partial charge in [0.1, 0.15) is 0 Å². The molecule has 0 rings (SSSR count). The molecule has 0 spiro atoms. The highest BCUT2D eigenvalue weighted by Crippen LogP contribution is 1.99. The molecule has 0 heterocycles. The van der Waals surface area contributed by atoms with Crippen molar-refractivity contribution in [2.75, 3.05) is 6.61 Å². The molecule has 9 heavy (non-hydrogen) atoms. The number of ether oxygens (including phenoxy) is 1. The van der Waals surface area contributed by atoms with Gasteiger partial charge in [0.25, 0.3) is 0 Å². The second kappa shape index (κ2) is 4.68. The summed E-state index contributed by atoms with van der Waals surface area (Å²) in [5.74, 6) is 0. The van der Waals surface area contributed by atoms with E-state index in [0.29, 0.717) is 0 Å². The van der Waals surface area contributed by atoms with Crippen LogP contribution in [-0.4, -0.2) is 19.1 Å². The predicted octanol–water partition coefficient (Wildman–Crippen LogP) is 2.07. The molecule has 0 unspecified atom stereocenters. The van der Waals surface area contributed by atoms with Gasteiger partial charge in [-0.2, -0.15) is 0 Å². The van der Waals surface area contributed by atoms with E-state index in [0.717, 1.165) is 0 Å². The van der Waals surface area contributed by atoms with E-state index in [1.807, 2.05) is 13.8 Å². The standard InChI is InChI=1S/C6H12F2O/c1-5(2)9-4-3-6(7)8/h5-6H,3-4H2,1-2H3. The minimum Gasteiger partial charge on any atom is -0.379 e. The molecule has 0 aliphatic rings. The summed E-state index contributed by atoms with van der Waals surface area (Å²) < 4.78 is 27.7. The first-order chi connectivity index (χ1) is 4.13. The van der Waals surface area contributed by atoms with Crippen molar-refractivity contribution in [3.63, 3.8) is 0 Å². The zero-order chi connectivity index (χ0) is 7.28. The number of hydrogen-bond donors (Lipinski definition) is 0. The molecule has 0 fully saturated rings. The molecule has 0 radical (unpaired) electrons. The quantitative estimate of drug-likeness (QED) is 0.577. The van der Waals surface area contributed by atoms with Gasteiger partial charge in [-0.25, -0.2) is 8.78 Å². The Kier molecular flexibility index (Phi) is 4.58. The lowest BCUT2D eigenvalue weighted by Gasteiger charge is -2.05. The third-order valence-corrected chi connectivity index (χ3v) is 0.787. The van der Waals surface area contributed by atoms with E-state index in [2.05, 4.69) is 0 Å². The fourth-order valence-corrected chi connectivity index (χ4v) is 0.393. The maximum absolute atomic E-state index is 11.4. The number of alkyl halides is 2. The fraction of sp³-hybridized carbons (Fsp3) is 1.00. The van der Waals surface area contributed by atoms with Gasteiger partial charge >= 0.3 is 0 Å². The molecule has 0 N–H and O–H groups in total. The Labute approximate surface area is 54.0 Å². The summed E-state index contributed by atoms with van der Waals surface area (Å²) in [5, 5.41) is 0. The number of hydrogen-bond acceptors (Lipinski definition) is 1. The van der Waals surface area contributed by atoms with Crippen molar-refractivity contribution in [2.24, 2.45) is 0 Å². The Morgan fingerprint density at radius 3 is 2.22 bits per heavy atom. The highest BCUT2D eigenvalue weighted by Gasteiger charge is 2.01. The molecule has 0 saturated carbocycles. The number of halogens is 2. The molecule has 1 nitrogen and oxygen atoms in total. The van der Waals surface area contributed by atoms with Crippen molar-refractivity contribution in [3.05, 3.63) is 0 Å². The average Bonchev–Trinajstić information content (AvgIpc) is 1.63. The number of rotatable bonds is 4. The van der Waals surface area contributed by atoms with E-state index in [1.54, 1.807) is 0 Å². The van der Waals surface area contributed by atoms with Crippen LogP contribution in [0.1, 0.15) is 20.3 Å². The van der Waals surface area contributed by atoms with Crippen LogP contribution >= 0.6 is 0 Å². The van der Waals surface area contributed by atoms with Gasteiger partial charge in [-0.3, -0.25) is 0 Å². The molecule has 0 aromatic rings. The Hall–Kier alpha value is -0.180. The van der Waals surface area contributed by atoms with Gasteiger partial charge in [-0.15, -0.1) is 0 Å². The summed E-state index contributed by atoms with van der Waals surface area (Å²) in [6, 6.07) is 0. The molecule has 0 amide bonds. The molecule has 0 aromatic heterocycles.